The van der Waals surface area contributed by atoms with Gasteiger partial charge in [0.15, 0.2) is 0 Å². The molecule has 1 N–H and O–H groups in total. The number of rotatable bonds is 3. The van der Waals surface area contributed by atoms with Crippen molar-refractivity contribution in [3.63, 3.8) is 0 Å². The van der Waals surface area contributed by atoms with E-state index in [1.807, 2.05) is 0 Å². The van der Waals surface area contributed by atoms with Gasteiger partial charge in [-0.25, -0.2) is 8.78 Å². The third kappa shape index (κ3) is 2.30. The molecule has 15 heavy (non-hydrogen) atoms. The van der Waals surface area contributed by atoms with E-state index in [9.17, 15) is 13.6 Å². The Labute approximate surface area is 85.9 Å². The lowest BCUT2D eigenvalue weighted by atomic mass is 10.0. The molecule has 0 unspecified atom stereocenters. The van der Waals surface area contributed by atoms with Gasteiger partial charge >= 0.3 is 5.97 Å². The van der Waals surface area contributed by atoms with Gasteiger partial charge in [-0.3, -0.25) is 9.69 Å². The zero-order valence-electron chi connectivity index (χ0n) is 8.37. The standard InChI is InChI=1S/C10H11F2NO2/c1-13(2)9(10(14)15)8-6(11)4-3-5-7(8)12/h3-5,9H,1-2H3,(H,14,15)/t9-/m0/s1. The maximum atomic E-state index is 13.3. The van der Waals surface area contributed by atoms with Crippen LogP contribution in [0, 0.1) is 11.6 Å². The summed E-state index contributed by atoms with van der Waals surface area (Å²) in [5.41, 5.74) is -0.435. The normalized spacial score (nSPS) is 12.9. The van der Waals surface area contributed by atoms with Crippen molar-refractivity contribution in [2.24, 2.45) is 0 Å². The molecular weight excluding hydrogens is 204 g/mol. The Morgan fingerprint density at radius 3 is 2.13 bits per heavy atom. The number of hydrogen-bond donors (Lipinski definition) is 1. The number of hydrogen-bond acceptors (Lipinski definition) is 2. The van der Waals surface area contributed by atoms with Crippen molar-refractivity contribution in [3.05, 3.63) is 35.4 Å². The molecule has 1 aromatic carbocycles. The van der Waals surface area contributed by atoms with Crippen LogP contribution in [0.3, 0.4) is 0 Å². The van der Waals surface area contributed by atoms with Crippen LogP contribution in [0.2, 0.25) is 0 Å². The van der Waals surface area contributed by atoms with E-state index in [2.05, 4.69) is 0 Å². The van der Waals surface area contributed by atoms with Crippen LogP contribution >= 0.6 is 0 Å². The maximum absolute atomic E-state index is 13.3. The van der Waals surface area contributed by atoms with E-state index < -0.39 is 29.2 Å². The third-order valence-corrected chi connectivity index (χ3v) is 2.02. The van der Waals surface area contributed by atoms with Gasteiger partial charge in [-0.05, 0) is 26.2 Å². The number of halogens is 2. The number of carboxylic acid groups (broad SMARTS) is 1. The first kappa shape index (κ1) is 11.6. The summed E-state index contributed by atoms with van der Waals surface area (Å²) in [5, 5.41) is 8.87. The third-order valence-electron chi connectivity index (χ3n) is 2.02. The topological polar surface area (TPSA) is 40.5 Å². The average molecular weight is 215 g/mol. The molecular formula is C10H11F2NO2. The first-order valence-corrected chi connectivity index (χ1v) is 4.28. The monoisotopic (exact) mass is 215 g/mol. The Morgan fingerprint density at radius 1 is 1.33 bits per heavy atom. The zero-order valence-corrected chi connectivity index (χ0v) is 8.37. The summed E-state index contributed by atoms with van der Waals surface area (Å²) in [6, 6.07) is 1.96. The van der Waals surface area contributed by atoms with E-state index in [1.165, 1.54) is 25.1 Å². The Kier molecular flexibility index (Phi) is 3.36. The van der Waals surface area contributed by atoms with Crippen LogP contribution in [-0.4, -0.2) is 30.1 Å². The lowest BCUT2D eigenvalue weighted by molar-refractivity contribution is -0.142. The zero-order chi connectivity index (χ0) is 11.6. The molecule has 5 heteroatoms. The van der Waals surface area contributed by atoms with Crippen LogP contribution < -0.4 is 0 Å². The van der Waals surface area contributed by atoms with Gasteiger partial charge in [0.05, 0.1) is 5.56 Å². The van der Waals surface area contributed by atoms with Gasteiger partial charge in [0.25, 0.3) is 0 Å². The van der Waals surface area contributed by atoms with Gasteiger partial charge in [0.2, 0.25) is 0 Å². The highest BCUT2D eigenvalue weighted by Crippen LogP contribution is 2.24. The second-order valence-electron chi connectivity index (χ2n) is 3.34. The number of nitrogens with zero attached hydrogens (tertiary/aromatic N) is 1. The second-order valence-corrected chi connectivity index (χ2v) is 3.34. The molecule has 1 atom stereocenters. The van der Waals surface area contributed by atoms with Crippen LogP contribution in [0.1, 0.15) is 11.6 Å². The minimum absolute atomic E-state index is 0.435. The molecule has 0 bridgehead atoms. The van der Waals surface area contributed by atoms with Crippen molar-refractivity contribution in [2.75, 3.05) is 14.1 Å². The predicted octanol–water partition coefficient (Wildman–Crippen LogP) is 1.65. The van der Waals surface area contributed by atoms with Crippen molar-refractivity contribution in [1.29, 1.82) is 0 Å². The molecule has 1 rings (SSSR count). The molecule has 0 saturated heterocycles. The van der Waals surface area contributed by atoms with Crippen LogP contribution in [0.5, 0.6) is 0 Å². The number of aliphatic carboxylic acids is 1. The second kappa shape index (κ2) is 4.35. The Bertz CT molecular complexity index is 359. The molecule has 1 aromatic rings. The van der Waals surface area contributed by atoms with Crippen LogP contribution in [-0.2, 0) is 4.79 Å². The van der Waals surface area contributed by atoms with Gasteiger partial charge in [-0.15, -0.1) is 0 Å². The molecule has 0 aromatic heterocycles. The van der Waals surface area contributed by atoms with E-state index in [1.54, 1.807) is 0 Å². The molecule has 82 valence electrons. The summed E-state index contributed by atoms with van der Waals surface area (Å²) in [6.45, 7) is 0. The average Bonchev–Trinajstić information content (AvgIpc) is 2.09. The molecule has 0 aliphatic carbocycles. The smallest absolute Gasteiger partial charge is 0.325 e. The molecule has 0 radical (unpaired) electrons. The lowest BCUT2D eigenvalue weighted by Gasteiger charge is -2.21. The molecule has 0 heterocycles. The molecule has 0 aliphatic rings. The fraction of sp³-hybridized carbons (Fsp3) is 0.300. The van der Waals surface area contributed by atoms with Crippen molar-refractivity contribution in [2.45, 2.75) is 6.04 Å². The Hall–Kier alpha value is -1.49. The predicted molar refractivity (Wildman–Crippen MR) is 50.4 cm³/mol. The highest BCUT2D eigenvalue weighted by Gasteiger charge is 2.28. The van der Waals surface area contributed by atoms with Gasteiger partial charge in [-0.2, -0.15) is 0 Å². The highest BCUT2D eigenvalue weighted by atomic mass is 19.1. The van der Waals surface area contributed by atoms with E-state index in [0.717, 1.165) is 12.1 Å². The minimum atomic E-state index is -1.31. The van der Waals surface area contributed by atoms with E-state index in [0.29, 0.717) is 0 Å². The fourth-order valence-electron chi connectivity index (χ4n) is 1.37. The van der Waals surface area contributed by atoms with Crippen molar-refractivity contribution in [3.8, 4) is 0 Å². The first-order chi connectivity index (χ1) is 6.95. The minimum Gasteiger partial charge on any atom is -0.480 e. The molecule has 0 saturated carbocycles. The molecule has 0 fully saturated rings. The summed E-state index contributed by atoms with van der Waals surface area (Å²) in [4.78, 5) is 12.1. The summed E-state index contributed by atoms with van der Waals surface area (Å²) in [7, 11) is 2.90. The fourth-order valence-corrected chi connectivity index (χ4v) is 1.37. The highest BCUT2D eigenvalue weighted by molar-refractivity contribution is 5.75. The first-order valence-electron chi connectivity index (χ1n) is 4.28. The van der Waals surface area contributed by atoms with Gasteiger partial charge in [0.1, 0.15) is 17.7 Å². The summed E-state index contributed by atoms with van der Waals surface area (Å²) < 4.78 is 26.6. The molecule has 0 amide bonds. The summed E-state index contributed by atoms with van der Waals surface area (Å²) in [6.07, 6.45) is 0. The van der Waals surface area contributed by atoms with Crippen molar-refractivity contribution >= 4 is 5.97 Å². The van der Waals surface area contributed by atoms with Gasteiger partial charge in [0, 0.05) is 0 Å². The SMILES string of the molecule is CN(C)[C@H](C(=O)O)c1c(F)cccc1F. The van der Waals surface area contributed by atoms with E-state index in [-0.39, 0.29) is 0 Å². The largest absolute Gasteiger partial charge is 0.480 e. The van der Waals surface area contributed by atoms with Crippen LogP contribution in [0.15, 0.2) is 18.2 Å². The Morgan fingerprint density at radius 2 is 1.80 bits per heavy atom. The summed E-state index contributed by atoms with van der Waals surface area (Å²) >= 11 is 0. The molecule has 0 spiro atoms. The number of carboxylic acids is 1. The van der Waals surface area contributed by atoms with E-state index in [4.69, 9.17) is 5.11 Å². The molecule has 3 nitrogen and oxygen atoms in total. The number of carbonyl (C=O) groups is 1. The van der Waals surface area contributed by atoms with E-state index >= 15 is 0 Å². The van der Waals surface area contributed by atoms with Crippen LogP contribution in [0.4, 0.5) is 8.78 Å². The number of benzene rings is 1. The maximum Gasteiger partial charge on any atom is 0.325 e. The number of likely N-dealkylation sites (N-methyl/N-ethyl adjacent to an activating group) is 1. The van der Waals surface area contributed by atoms with Gasteiger partial charge in [-0.1, -0.05) is 6.07 Å². The molecule has 0 aliphatic heterocycles. The lowest BCUT2D eigenvalue weighted by Crippen LogP contribution is -2.29. The van der Waals surface area contributed by atoms with Gasteiger partial charge < -0.3 is 5.11 Å². The summed E-state index contributed by atoms with van der Waals surface area (Å²) in [5.74, 6) is -2.99. The van der Waals surface area contributed by atoms with Crippen molar-refractivity contribution in [1.82, 2.24) is 4.90 Å². The quantitative estimate of drug-likeness (QED) is 0.833. The van der Waals surface area contributed by atoms with Crippen LogP contribution in [0.25, 0.3) is 0 Å². The Balaban J connectivity index is 3.28. The van der Waals surface area contributed by atoms with Crippen molar-refractivity contribution < 1.29 is 18.7 Å².